The maximum atomic E-state index is 12.2. The van der Waals surface area contributed by atoms with Crippen molar-refractivity contribution < 1.29 is 17.9 Å². The fourth-order valence-electron chi connectivity index (χ4n) is 2.18. The number of sulfonamides is 1. The van der Waals surface area contributed by atoms with Crippen molar-refractivity contribution in [3.8, 4) is 5.75 Å². The van der Waals surface area contributed by atoms with Crippen LogP contribution in [0.1, 0.15) is 18.9 Å². The van der Waals surface area contributed by atoms with E-state index >= 15 is 0 Å². The highest BCUT2D eigenvalue weighted by Gasteiger charge is 2.14. The molecule has 0 bridgehead atoms. The molecular formula is C18H24N2O4S3. The van der Waals surface area contributed by atoms with Gasteiger partial charge >= 0.3 is 0 Å². The van der Waals surface area contributed by atoms with Gasteiger partial charge in [-0.25, -0.2) is 13.1 Å². The Labute approximate surface area is 168 Å². The van der Waals surface area contributed by atoms with Crippen LogP contribution in [0.3, 0.4) is 0 Å². The van der Waals surface area contributed by atoms with E-state index in [1.165, 1.54) is 17.7 Å². The highest BCUT2D eigenvalue weighted by atomic mass is 32.2. The smallest absolute Gasteiger partial charge is 0.240 e. The van der Waals surface area contributed by atoms with Crippen LogP contribution >= 0.6 is 23.1 Å². The molecule has 0 aliphatic heterocycles. The molecular weight excluding hydrogens is 404 g/mol. The zero-order valence-corrected chi connectivity index (χ0v) is 17.6. The Hall–Kier alpha value is -1.55. The summed E-state index contributed by atoms with van der Waals surface area (Å²) in [6.45, 7) is 3.01. The van der Waals surface area contributed by atoms with Crippen molar-refractivity contribution >= 4 is 39.0 Å². The number of carbonyl (C=O) groups excluding carboxylic acids is 1. The molecule has 0 aliphatic rings. The summed E-state index contributed by atoms with van der Waals surface area (Å²) in [5.74, 6) is 2.20. The number of hydrogen-bond acceptors (Lipinski definition) is 6. The van der Waals surface area contributed by atoms with Gasteiger partial charge in [0.05, 0.1) is 11.5 Å². The number of carbonyl (C=O) groups is 1. The van der Waals surface area contributed by atoms with Gasteiger partial charge < -0.3 is 10.1 Å². The van der Waals surface area contributed by atoms with E-state index in [0.29, 0.717) is 18.9 Å². The minimum Gasteiger partial charge on any atom is -0.494 e. The molecule has 0 unspecified atom stereocenters. The van der Waals surface area contributed by atoms with Gasteiger partial charge in [-0.3, -0.25) is 4.79 Å². The predicted molar refractivity (Wildman–Crippen MR) is 111 cm³/mol. The summed E-state index contributed by atoms with van der Waals surface area (Å²) in [4.78, 5) is 12.0. The van der Waals surface area contributed by atoms with Gasteiger partial charge in [0.2, 0.25) is 15.9 Å². The van der Waals surface area contributed by atoms with E-state index < -0.39 is 10.0 Å². The molecule has 27 heavy (non-hydrogen) atoms. The fraction of sp³-hybridized carbons (Fsp3) is 0.389. The summed E-state index contributed by atoms with van der Waals surface area (Å²) in [6.07, 6.45) is 0.103. The average molecular weight is 429 g/mol. The standard InChI is InChI=1S/C18H24N2O4S3/c1-2-24-16-3-5-17(6-4-16)27(22,23)20-9-7-18(21)19-10-12-26-14-15-8-11-25-13-15/h3-6,8,11,13,20H,2,7,9-10,12,14H2,1H3,(H,19,21). The topological polar surface area (TPSA) is 84.5 Å². The van der Waals surface area contributed by atoms with Crippen LogP contribution in [0.2, 0.25) is 0 Å². The molecule has 0 atom stereocenters. The first-order valence-electron chi connectivity index (χ1n) is 8.59. The number of amides is 1. The molecule has 2 rings (SSSR count). The van der Waals surface area contributed by atoms with Gasteiger partial charge in [-0.05, 0) is 53.6 Å². The van der Waals surface area contributed by atoms with Crippen molar-refractivity contribution in [3.63, 3.8) is 0 Å². The Bertz CT molecular complexity index is 791. The van der Waals surface area contributed by atoms with Crippen LogP contribution in [0, 0.1) is 0 Å². The first-order chi connectivity index (χ1) is 13.0. The second-order valence-electron chi connectivity index (χ2n) is 5.59. The molecule has 1 amide bonds. The van der Waals surface area contributed by atoms with Crippen molar-refractivity contribution in [2.45, 2.75) is 24.0 Å². The van der Waals surface area contributed by atoms with Crippen LogP contribution in [0.4, 0.5) is 0 Å². The molecule has 1 aromatic heterocycles. The van der Waals surface area contributed by atoms with Gasteiger partial charge in [0.25, 0.3) is 0 Å². The molecule has 0 saturated heterocycles. The van der Waals surface area contributed by atoms with E-state index in [0.717, 1.165) is 11.5 Å². The normalized spacial score (nSPS) is 11.3. The lowest BCUT2D eigenvalue weighted by atomic mass is 10.3. The molecule has 0 radical (unpaired) electrons. The van der Waals surface area contributed by atoms with E-state index in [-0.39, 0.29) is 23.8 Å². The van der Waals surface area contributed by atoms with Crippen LogP contribution in [-0.2, 0) is 20.6 Å². The van der Waals surface area contributed by atoms with Gasteiger partial charge in [0.1, 0.15) is 5.75 Å². The number of thioether (sulfide) groups is 1. The van der Waals surface area contributed by atoms with E-state index in [2.05, 4.69) is 21.5 Å². The molecule has 2 N–H and O–H groups in total. The molecule has 1 heterocycles. The molecule has 6 nitrogen and oxygen atoms in total. The molecule has 2 aromatic rings. The molecule has 0 aliphatic carbocycles. The minimum absolute atomic E-state index is 0.0590. The molecule has 0 saturated carbocycles. The lowest BCUT2D eigenvalue weighted by Crippen LogP contribution is -2.31. The van der Waals surface area contributed by atoms with E-state index in [1.807, 2.05) is 12.3 Å². The Morgan fingerprint density at radius 3 is 2.63 bits per heavy atom. The Kier molecular flexibility index (Phi) is 9.12. The lowest BCUT2D eigenvalue weighted by Gasteiger charge is -2.08. The Morgan fingerprint density at radius 2 is 1.96 bits per heavy atom. The monoisotopic (exact) mass is 428 g/mol. The molecule has 148 valence electrons. The molecule has 9 heteroatoms. The Morgan fingerprint density at radius 1 is 1.19 bits per heavy atom. The third-order valence-electron chi connectivity index (χ3n) is 3.51. The van der Waals surface area contributed by atoms with Gasteiger partial charge in [-0.2, -0.15) is 23.1 Å². The van der Waals surface area contributed by atoms with E-state index in [9.17, 15) is 13.2 Å². The zero-order valence-electron chi connectivity index (χ0n) is 15.1. The van der Waals surface area contributed by atoms with Crippen molar-refractivity contribution in [3.05, 3.63) is 46.7 Å². The highest BCUT2D eigenvalue weighted by Crippen LogP contribution is 2.16. The summed E-state index contributed by atoms with van der Waals surface area (Å²) >= 11 is 3.43. The number of nitrogens with one attached hydrogen (secondary N) is 2. The fourth-order valence-corrected chi connectivity index (χ4v) is 4.79. The van der Waals surface area contributed by atoms with Crippen LogP contribution in [0.5, 0.6) is 5.75 Å². The lowest BCUT2D eigenvalue weighted by molar-refractivity contribution is -0.120. The van der Waals surface area contributed by atoms with Gasteiger partial charge in [-0.1, -0.05) is 0 Å². The second kappa shape index (κ2) is 11.3. The van der Waals surface area contributed by atoms with Crippen molar-refractivity contribution in [2.24, 2.45) is 0 Å². The van der Waals surface area contributed by atoms with E-state index in [1.54, 1.807) is 35.2 Å². The van der Waals surface area contributed by atoms with Gasteiger partial charge in [0, 0.05) is 31.0 Å². The maximum Gasteiger partial charge on any atom is 0.240 e. The average Bonchev–Trinajstić information content (AvgIpc) is 3.15. The SMILES string of the molecule is CCOc1ccc(S(=O)(=O)NCCC(=O)NCCSCc2ccsc2)cc1. The summed E-state index contributed by atoms with van der Waals surface area (Å²) in [5.41, 5.74) is 1.29. The summed E-state index contributed by atoms with van der Waals surface area (Å²) in [7, 11) is -3.63. The largest absolute Gasteiger partial charge is 0.494 e. The summed E-state index contributed by atoms with van der Waals surface area (Å²) in [5, 5.41) is 6.96. The minimum atomic E-state index is -3.63. The zero-order chi connectivity index (χ0) is 19.5. The van der Waals surface area contributed by atoms with Crippen LogP contribution in [0.15, 0.2) is 46.0 Å². The van der Waals surface area contributed by atoms with Crippen LogP contribution in [-0.4, -0.2) is 39.8 Å². The van der Waals surface area contributed by atoms with Crippen molar-refractivity contribution in [2.75, 3.05) is 25.4 Å². The summed E-state index contributed by atoms with van der Waals surface area (Å²) in [6, 6.07) is 8.28. The number of hydrogen-bond donors (Lipinski definition) is 2. The Balaban J connectivity index is 1.63. The maximum absolute atomic E-state index is 12.2. The van der Waals surface area contributed by atoms with E-state index in [4.69, 9.17) is 4.74 Å². The van der Waals surface area contributed by atoms with Crippen LogP contribution in [0.25, 0.3) is 0 Å². The highest BCUT2D eigenvalue weighted by molar-refractivity contribution is 7.98. The number of thiophene rings is 1. The predicted octanol–water partition coefficient (Wildman–Crippen LogP) is 2.86. The van der Waals surface area contributed by atoms with Gasteiger partial charge in [0.15, 0.2) is 0 Å². The number of benzene rings is 1. The summed E-state index contributed by atoms with van der Waals surface area (Å²) < 4.78 is 32.2. The quantitative estimate of drug-likeness (QED) is 0.508. The molecule has 0 fully saturated rings. The number of ether oxygens (including phenoxy) is 1. The third kappa shape index (κ3) is 7.92. The van der Waals surface area contributed by atoms with Crippen molar-refractivity contribution in [1.29, 1.82) is 0 Å². The third-order valence-corrected chi connectivity index (χ3v) is 6.75. The first-order valence-corrected chi connectivity index (χ1v) is 12.2. The second-order valence-corrected chi connectivity index (χ2v) is 9.24. The van der Waals surface area contributed by atoms with Crippen molar-refractivity contribution in [1.82, 2.24) is 10.0 Å². The first kappa shape index (κ1) is 21.7. The van der Waals surface area contributed by atoms with Gasteiger partial charge in [-0.15, -0.1) is 0 Å². The van der Waals surface area contributed by atoms with Crippen LogP contribution < -0.4 is 14.8 Å². The number of rotatable bonds is 12. The molecule has 1 aromatic carbocycles. The molecule has 0 spiro atoms.